The van der Waals surface area contributed by atoms with E-state index >= 15 is 0 Å². The van der Waals surface area contributed by atoms with Crippen LogP contribution in [0.1, 0.15) is 33.5 Å². The first kappa shape index (κ1) is 15.5. The Kier molecular flexibility index (Phi) is 4.55. The Morgan fingerprint density at radius 2 is 1.91 bits per heavy atom. The number of nitrogens with one attached hydrogen (secondary N) is 1. The summed E-state index contributed by atoms with van der Waals surface area (Å²) in [5.41, 5.74) is 3.81. The van der Waals surface area contributed by atoms with Crippen LogP contribution in [-0.2, 0) is 19.4 Å². The first-order valence-corrected chi connectivity index (χ1v) is 7.56. The Hall–Kier alpha value is -2.43. The maximum Gasteiger partial charge on any atom is 0.387 e. The Balaban J connectivity index is 1.68. The van der Waals surface area contributed by atoms with Gasteiger partial charge in [0.05, 0.1) is 5.56 Å². The lowest BCUT2D eigenvalue weighted by Gasteiger charge is -2.11. The average Bonchev–Trinajstić information content (AvgIpc) is 3.00. The molecule has 0 heterocycles. The van der Waals surface area contributed by atoms with Crippen LogP contribution in [0.5, 0.6) is 5.75 Å². The highest BCUT2D eigenvalue weighted by Gasteiger charge is 2.15. The van der Waals surface area contributed by atoms with E-state index < -0.39 is 12.5 Å². The largest absolute Gasteiger partial charge is 0.434 e. The zero-order chi connectivity index (χ0) is 16.2. The Bertz CT molecular complexity index is 716. The molecule has 1 aliphatic carbocycles. The van der Waals surface area contributed by atoms with Crippen molar-refractivity contribution in [3.8, 4) is 5.75 Å². The van der Waals surface area contributed by atoms with Gasteiger partial charge in [-0.2, -0.15) is 8.78 Å². The molecule has 3 rings (SSSR count). The van der Waals surface area contributed by atoms with Gasteiger partial charge in [-0.05, 0) is 48.1 Å². The number of halogens is 2. The van der Waals surface area contributed by atoms with Gasteiger partial charge in [0.15, 0.2) is 0 Å². The number of alkyl halides is 2. The molecule has 3 nitrogen and oxygen atoms in total. The van der Waals surface area contributed by atoms with Crippen molar-refractivity contribution in [2.75, 3.05) is 0 Å². The van der Waals surface area contributed by atoms with Crippen LogP contribution < -0.4 is 10.1 Å². The number of ether oxygens (including phenoxy) is 1. The van der Waals surface area contributed by atoms with Gasteiger partial charge in [0.2, 0.25) is 0 Å². The molecule has 0 aliphatic heterocycles. The van der Waals surface area contributed by atoms with Gasteiger partial charge in [0, 0.05) is 6.54 Å². The summed E-state index contributed by atoms with van der Waals surface area (Å²) in [5.74, 6) is -0.546. The SMILES string of the molecule is O=C(NCc1ccc2c(c1)CCC2)c1ccccc1OC(F)F. The molecule has 2 aromatic carbocycles. The van der Waals surface area contributed by atoms with Crippen molar-refractivity contribution in [2.24, 2.45) is 0 Å². The van der Waals surface area contributed by atoms with Crippen molar-refractivity contribution in [1.82, 2.24) is 5.32 Å². The number of hydrogen-bond acceptors (Lipinski definition) is 2. The third-order valence-electron chi connectivity index (χ3n) is 3.96. The zero-order valence-electron chi connectivity index (χ0n) is 12.5. The van der Waals surface area contributed by atoms with Crippen LogP contribution in [0.2, 0.25) is 0 Å². The maximum atomic E-state index is 12.4. The number of amides is 1. The van der Waals surface area contributed by atoms with Gasteiger partial charge in [-0.3, -0.25) is 4.79 Å². The van der Waals surface area contributed by atoms with Crippen LogP contribution in [0.25, 0.3) is 0 Å². The van der Waals surface area contributed by atoms with Gasteiger partial charge in [0.1, 0.15) is 5.75 Å². The molecule has 0 radical (unpaired) electrons. The topological polar surface area (TPSA) is 38.3 Å². The number of carbonyl (C=O) groups excluding carboxylic acids is 1. The molecule has 1 N–H and O–H groups in total. The fourth-order valence-corrected chi connectivity index (χ4v) is 2.87. The van der Waals surface area contributed by atoms with Crippen LogP contribution >= 0.6 is 0 Å². The van der Waals surface area contributed by atoms with E-state index in [1.165, 1.54) is 29.7 Å². The standard InChI is InChI=1S/C18H17F2NO2/c19-18(20)23-16-7-2-1-6-15(16)17(22)21-11-12-8-9-13-4-3-5-14(13)10-12/h1-2,6-10,18H,3-5,11H2,(H,21,22). The van der Waals surface area contributed by atoms with Gasteiger partial charge in [-0.1, -0.05) is 30.3 Å². The number of benzene rings is 2. The van der Waals surface area contributed by atoms with Gasteiger partial charge in [-0.15, -0.1) is 0 Å². The summed E-state index contributed by atoms with van der Waals surface area (Å²) in [5, 5.41) is 2.76. The fourth-order valence-electron chi connectivity index (χ4n) is 2.87. The number of aryl methyl sites for hydroxylation is 2. The maximum absolute atomic E-state index is 12.4. The van der Waals surface area contributed by atoms with E-state index in [-0.39, 0.29) is 11.3 Å². The summed E-state index contributed by atoms with van der Waals surface area (Å²) in [6, 6.07) is 12.2. The molecule has 0 atom stereocenters. The number of hydrogen-bond donors (Lipinski definition) is 1. The van der Waals surface area contributed by atoms with E-state index in [4.69, 9.17) is 0 Å². The molecule has 0 aromatic heterocycles. The van der Waals surface area contributed by atoms with Crippen molar-refractivity contribution in [3.05, 3.63) is 64.7 Å². The van der Waals surface area contributed by atoms with Crippen LogP contribution in [-0.4, -0.2) is 12.5 Å². The second-order valence-electron chi connectivity index (χ2n) is 5.51. The lowest BCUT2D eigenvalue weighted by molar-refractivity contribution is -0.0501. The second kappa shape index (κ2) is 6.77. The van der Waals surface area contributed by atoms with Crippen molar-refractivity contribution in [3.63, 3.8) is 0 Å². The number of rotatable bonds is 5. The molecular formula is C18H17F2NO2. The van der Waals surface area contributed by atoms with Crippen LogP contribution in [0, 0.1) is 0 Å². The Morgan fingerprint density at radius 3 is 2.74 bits per heavy atom. The number of para-hydroxylation sites is 1. The quantitative estimate of drug-likeness (QED) is 0.913. The molecular weight excluding hydrogens is 300 g/mol. The summed E-state index contributed by atoms with van der Waals surface area (Å²) in [7, 11) is 0. The van der Waals surface area contributed by atoms with E-state index in [1.807, 2.05) is 6.07 Å². The van der Waals surface area contributed by atoms with E-state index in [9.17, 15) is 13.6 Å². The zero-order valence-corrected chi connectivity index (χ0v) is 12.5. The van der Waals surface area contributed by atoms with E-state index in [0.29, 0.717) is 6.54 Å². The van der Waals surface area contributed by atoms with Crippen molar-refractivity contribution < 1.29 is 18.3 Å². The molecule has 23 heavy (non-hydrogen) atoms. The normalized spacial score (nSPS) is 13.0. The second-order valence-corrected chi connectivity index (χ2v) is 5.51. The molecule has 0 fully saturated rings. The molecule has 2 aromatic rings. The highest BCUT2D eigenvalue weighted by molar-refractivity contribution is 5.96. The number of carbonyl (C=O) groups is 1. The van der Waals surface area contributed by atoms with Crippen LogP contribution in [0.4, 0.5) is 8.78 Å². The van der Waals surface area contributed by atoms with E-state index in [2.05, 4.69) is 22.2 Å². The minimum Gasteiger partial charge on any atom is -0.434 e. The third kappa shape index (κ3) is 3.67. The molecule has 0 saturated heterocycles. The summed E-state index contributed by atoms with van der Waals surface area (Å²) in [6.07, 6.45) is 3.35. The molecule has 0 saturated carbocycles. The van der Waals surface area contributed by atoms with Crippen LogP contribution in [0.15, 0.2) is 42.5 Å². The lowest BCUT2D eigenvalue weighted by Crippen LogP contribution is -2.24. The summed E-state index contributed by atoms with van der Waals surface area (Å²) >= 11 is 0. The average molecular weight is 317 g/mol. The molecule has 0 spiro atoms. The summed E-state index contributed by atoms with van der Waals surface area (Å²) in [4.78, 5) is 12.2. The highest BCUT2D eigenvalue weighted by atomic mass is 19.3. The Morgan fingerprint density at radius 1 is 1.13 bits per heavy atom. The van der Waals surface area contributed by atoms with Gasteiger partial charge >= 0.3 is 6.61 Å². The molecule has 1 aliphatic rings. The van der Waals surface area contributed by atoms with Crippen molar-refractivity contribution in [1.29, 1.82) is 0 Å². The molecule has 120 valence electrons. The van der Waals surface area contributed by atoms with E-state index in [0.717, 1.165) is 18.4 Å². The predicted octanol–water partition coefficient (Wildman–Crippen LogP) is 3.71. The van der Waals surface area contributed by atoms with E-state index in [1.54, 1.807) is 12.1 Å². The monoisotopic (exact) mass is 317 g/mol. The fraction of sp³-hybridized carbons (Fsp3) is 0.278. The highest BCUT2D eigenvalue weighted by Crippen LogP contribution is 2.23. The molecule has 0 bridgehead atoms. The third-order valence-corrected chi connectivity index (χ3v) is 3.96. The van der Waals surface area contributed by atoms with Crippen molar-refractivity contribution in [2.45, 2.75) is 32.4 Å². The molecule has 5 heteroatoms. The van der Waals surface area contributed by atoms with Gasteiger partial charge in [-0.25, -0.2) is 0 Å². The van der Waals surface area contributed by atoms with Crippen molar-refractivity contribution >= 4 is 5.91 Å². The Labute approximate surface area is 133 Å². The number of fused-ring (bicyclic) bond motifs is 1. The molecule has 1 amide bonds. The summed E-state index contributed by atoms with van der Waals surface area (Å²) < 4.78 is 29.2. The first-order chi connectivity index (χ1) is 11.1. The predicted molar refractivity (Wildman–Crippen MR) is 82.7 cm³/mol. The minimum atomic E-state index is -2.96. The van der Waals surface area contributed by atoms with Gasteiger partial charge < -0.3 is 10.1 Å². The minimum absolute atomic E-state index is 0.106. The molecule has 0 unspecified atom stereocenters. The lowest BCUT2D eigenvalue weighted by atomic mass is 10.1. The van der Waals surface area contributed by atoms with Gasteiger partial charge in [0.25, 0.3) is 5.91 Å². The summed E-state index contributed by atoms with van der Waals surface area (Å²) in [6.45, 7) is -2.60. The van der Waals surface area contributed by atoms with Crippen LogP contribution in [0.3, 0.4) is 0 Å². The smallest absolute Gasteiger partial charge is 0.387 e. The first-order valence-electron chi connectivity index (χ1n) is 7.56.